The van der Waals surface area contributed by atoms with Gasteiger partial charge in [-0.05, 0) is 36.2 Å². The fourth-order valence-electron chi connectivity index (χ4n) is 2.67. The first-order valence-electron chi connectivity index (χ1n) is 9.15. The van der Waals surface area contributed by atoms with Crippen molar-refractivity contribution in [1.29, 1.82) is 0 Å². The van der Waals surface area contributed by atoms with Crippen LogP contribution in [0.5, 0.6) is 5.75 Å². The molecule has 2 aromatic heterocycles. The summed E-state index contributed by atoms with van der Waals surface area (Å²) >= 11 is 0. The number of hydrogen-bond acceptors (Lipinski definition) is 6. The molecule has 0 aliphatic carbocycles. The molecule has 0 aliphatic rings. The summed E-state index contributed by atoms with van der Waals surface area (Å²) in [7, 11) is 0. The van der Waals surface area contributed by atoms with E-state index in [1.807, 2.05) is 6.92 Å². The Morgan fingerprint density at radius 3 is 2.59 bits per heavy atom. The molecule has 0 aliphatic heterocycles. The zero-order valence-corrected chi connectivity index (χ0v) is 15.8. The number of aldehydes is 1. The van der Waals surface area contributed by atoms with Crippen molar-refractivity contribution in [3.8, 4) is 5.75 Å². The van der Waals surface area contributed by atoms with Gasteiger partial charge in [0.1, 0.15) is 11.6 Å². The molecule has 0 radical (unpaired) electrons. The minimum atomic E-state index is -0.706. The van der Waals surface area contributed by atoms with Gasteiger partial charge in [-0.3, -0.25) is 14.4 Å². The molecule has 0 saturated heterocycles. The molecule has 0 amide bonds. The number of carbonyl (C=O) groups excluding carboxylic acids is 2. The highest BCUT2D eigenvalue weighted by Gasteiger charge is 2.25. The summed E-state index contributed by atoms with van der Waals surface area (Å²) in [4.78, 5) is 36.2. The molecule has 29 heavy (non-hydrogen) atoms. The third-order valence-corrected chi connectivity index (χ3v) is 4.17. The smallest absolute Gasteiger partial charge is 0.267 e. The maximum absolute atomic E-state index is 13.0. The summed E-state index contributed by atoms with van der Waals surface area (Å²) in [6.07, 6.45) is 2.22. The maximum atomic E-state index is 13.0. The molecule has 3 aromatic rings. The second kappa shape index (κ2) is 9.14. The lowest BCUT2D eigenvalue weighted by Crippen LogP contribution is -2.15. The summed E-state index contributed by atoms with van der Waals surface area (Å²) in [5.41, 5.74) is 0.189. The van der Waals surface area contributed by atoms with Crippen molar-refractivity contribution in [3.63, 3.8) is 0 Å². The van der Waals surface area contributed by atoms with E-state index in [0.717, 1.165) is 18.1 Å². The van der Waals surface area contributed by atoms with Crippen LogP contribution in [0.15, 0.2) is 56.1 Å². The predicted molar refractivity (Wildman–Crippen MR) is 102 cm³/mol. The normalized spacial score (nSPS) is 10.7. The molecule has 7 heteroatoms. The molecule has 0 N–H and O–H groups in total. The number of carbonyl (C=O) groups is 2. The SMILES string of the molecule is CCCCOc1c(C(=O)c2ccc(Cc3ccc(F)cc3)o2)oc(C=O)cc1=O. The number of hydrogen-bond donors (Lipinski definition) is 0. The molecule has 2 heterocycles. The van der Waals surface area contributed by atoms with Crippen LogP contribution < -0.4 is 10.2 Å². The number of unbranched alkanes of at least 4 members (excludes halogenated alkanes) is 1. The lowest BCUT2D eigenvalue weighted by molar-refractivity contribution is 0.0965. The van der Waals surface area contributed by atoms with E-state index in [2.05, 4.69) is 0 Å². The molecule has 0 bridgehead atoms. The van der Waals surface area contributed by atoms with E-state index in [1.54, 1.807) is 18.2 Å². The maximum Gasteiger partial charge on any atom is 0.267 e. The highest BCUT2D eigenvalue weighted by molar-refractivity contribution is 6.07. The Morgan fingerprint density at radius 2 is 1.90 bits per heavy atom. The van der Waals surface area contributed by atoms with Gasteiger partial charge in [0, 0.05) is 12.5 Å². The van der Waals surface area contributed by atoms with E-state index in [9.17, 15) is 18.8 Å². The van der Waals surface area contributed by atoms with Crippen LogP contribution in [0.2, 0.25) is 0 Å². The quantitative estimate of drug-likeness (QED) is 0.305. The largest absolute Gasteiger partial charge is 0.486 e. The Balaban J connectivity index is 1.88. The zero-order chi connectivity index (χ0) is 20.8. The summed E-state index contributed by atoms with van der Waals surface area (Å²) in [6.45, 7) is 2.19. The number of furan rings is 1. The topological polar surface area (TPSA) is 86.7 Å². The van der Waals surface area contributed by atoms with E-state index in [0.29, 0.717) is 24.9 Å². The Labute approximate surface area is 165 Å². The van der Waals surface area contributed by atoms with E-state index in [-0.39, 0.29) is 35.5 Å². The highest BCUT2D eigenvalue weighted by atomic mass is 19.1. The zero-order valence-electron chi connectivity index (χ0n) is 15.8. The molecule has 0 unspecified atom stereocenters. The van der Waals surface area contributed by atoms with Crippen LogP contribution in [-0.2, 0) is 6.42 Å². The average Bonchev–Trinajstić information content (AvgIpc) is 3.18. The third kappa shape index (κ3) is 4.87. The third-order valence-electron chi connectivity index (χ3n) is 4.17. The Kier molecular flexibility index (Phi) is 6.39. The van der Waals surface area contributed by atoms with Crippen LogP contribution in [0.3, 0.4) is 0 Å². The Bertz CT molecular complexity index is 1060. The van der Waals surface area contributed by atoms with Crippen LogP contribution >= 0.6 is 0 Å². The van der Waals surface area contributed by atoms with Gasteiger partial charge >= 0.3 is 0 Å². The first-order chi connectivity index (χ1) is 14.0. The molecule has 0 spiro atoms. The van der Waals surface area contributed by atoms with Crippen molar-refractivity contribution in [1.82, 2.24) is 0 Å². The minimum Gasteiger partial charge on any atom is -0.486 e. The number of rotatable bonds is 9. The van der Waals surface area contributed by atoms with Crippen LogP contribution in [0.1, 0.15) is 58.0 Å². The van der Waals surface area contributed by atoms with Crippen molar-refractivity contribution >= 4 is 12.1 Å². The second-order valence-electron chi connectivity index (χ2n) is 6.39. The van der Waals surface area contributed by atoms with E-state index >= 15 is 0 Å². The van der Waals surface area contributed by atoms with Gasteiger partial charge < -0.3 is 13.6 Å². The van der Waals surface area contributed by atoms with Gasteiger partial charge in [-0.25, -0.2) is 4.39 Å². The molecule has 0 atom stereocenters. The minimum absolute atomic E-state index is 0.0614. The van der Waals surface area contributed by atoms with Crippen LogP contribution in [0, 0.1) is 5.82 Å². The van der Waals surface area contributed by atoms with Gasteiger partial charge in [-0.15, -0.1) is 0 Å². The molecular formula is C22H19FO6. The van der Waals surface area contributed by atoms with Crippen molar-refractivity contribution in [2.24, 2.45) is 0 Å². The Hall–Kier alpha value is -3.48. The molecule has 6 nitrogen and oxygen atoms in total. The van der Waals surface area contributed by atoms with Gasteiger partial charge in [0.15, 0.2) is 17.8 Å². The standard InChI is InChI=1S/C22H19FO6/c1-2-3-10-27-21-18(25)12-17(13-24)29-22(21)20(26)19-9-8-16(28-19)11-14-4-6-15(23)7-5-14/h4-9,12-13H,2-3,10-11H2,1H3. The van der Waals surface area contributed by atoms with E-state index < -0.39 is 11.2 Å². The Morgan fingerprint density at radius 1 is 1.14 bits per heavy atom. The van der Waals surface area contributed by atoms with Gasteiger partial charge in [0.05, 0.1) is 6.61 Å². The van der Waals surface area contributed by atoms with Crippen LogP contribution in [-0.4, -0.2) is 18.7 Å². The summed E-state index contributed by atoms with van der Waals surface area (Å²) < 4.78 is 29.3. The lowest BCUT2D eigenvalue weighted by atomic mass is 10.1. The first-order valence-corrected chi connectivity index (χ1v) is 9.15. The lowest BCUT2D eigenvalue weighted by Gasteiger charge is -2.08. The molecule has 0 fully saturated rings. The van der Waals surface area contributed by atoms with Crippen LogP contribution in [0.25, 0.3) is 0 Å². The van der Waals surface area contributed by atoms with Crippen molar-refractivity contribution in [2.45, 2.75) is 26.2 Å². The molecule has 1 aromatic carbocycles. The molecule has 150 valence electrons. The number of benzene rings is 1. The van der Waals surface area contributed by atoms with Gasteiger partial charge in [0.25, 0.3) is 5.78 Å². The first kappa shape index (κ1) is 20.3. The molecular weight excluding hydrogens is 379 g/mol. The number of ether oxygens (including phenoxy) is 1. The van der Waals surface area contributed by atoms with Gasteiger partial charge in [0.2, 0.25) is 16.9 Å². The summed E-state index contributed by atoms with van der Waals surface area (Å²) in [5, 5.41) is 0. The monoisotopic (exact) mass is 398 g/mol. The van der Waals surface area contributed by atoms with Crippen molar-refractivity contribution in [2.75, 3.05) is 6.61 Å². The fraction of sp³-hybridized carbons (Fsp3) is 0.227. The van der Waals surface area contributed by atoms with Crippen LogP contribution in [0.4, 0.5) is 4.39 Å². The summed E-state index contributed by atoms with van der Waals surface area (Å²) in [6, 6.07) is 9.94. The second-order valence-corrected chi connectivity index (χ2v) is 6.39. The number of ketones is 1. The van der Waals surface area contributed by atoms with E-state index in [1.165, 1.54) is 18.2 Å². The number of halogens is 1. The molecule has 0 saturated carbocycles. The summed E-state index contributed by atoms with van der Waals surface area (Å²) in [5.74, 6) is -1.54. The molecule has 3 rings (SSSR count). The van der Waals surface area contributed by atoms with Crippen molar-refractivity contribution < 1.29 is 27.6 Å². The average molecular weight is 398 g/mol. The van der Waals surface area contributed by atoms with Gasteiger partial charge in [-0.2, -0.15) is 0 Å². The van der Waals surface area contributed by atoms with Crippen molar-refractivity contribution in [3.05, 3.63) is 87.1 Å². The predicted octanol–water partition coefficient (Wildman–Crippen LogP) is 4.19. The fourth-order valence-corrected chi connectivity index (χ4v) is 2.67. The highest BCUT2D eigenvalue weighted by Crippen LogP contribution is 2.22. The van der Waals surface area contributed by atoms with E-state index in [4.69, 9.17) is 13.6 Å². The van der Waals surface area contributed by atoms with Gasteiger partial charge in [-0.1, -0.05) is 25.5 Å².